The average molecular weight is 373 g/mol. The number of pyridine rings is 1. The number of aromatic nitrogens is 1. The molecule has 2 aromatic rings. The topological polar surface area (TPSA) is 105 Å². The summed E-state index contributed by atoms with van der Waals surface area (Å²) < 4.78 is 1.96. The second-order valence-corrected chi connectivity index (χ2v) is 6.54. The largest absolute Gasteiger partial charge is 0.368 e. The second-order valence-electron chi connectivity index (χ2n) is 5.52. The third kappa shape index (κ3) is 5.89. The first-order valence-corrected chi connectivity index (χ1v) is 8.88. The van der Waals surface area contributed by atoms with Gasteiger partial charge in [-0.25, -0.2) is 4.57 Å². The third-order valence-electron chi connectivity index (χ3n) is 3.53. The highest BCUT2D eigenvalue weighted by molar-refractivity contribution is 8.13. The van der Waals surface area contributed by atoms with E-state index in [0.717, 1.165) is 11.8 Å². The molecule has 2 rings (SSSR count). The highest BCUT2D eigenvalue weighted by Crippen LogP contribution is 2.23. The molecule has 0 aliphatic heterocycles. The van der Waals surface area contributed by atoms with Gasteiger partial charge in [0.05, 0.1) is 12.1 Å². The molecule has 4 N–H and O–H groups in total. The molecule has 1 heterocycles. The van der Waals surface area contributed by atoms with Gasteiger partial charge in [-0.15, -0.1) is 0 Å². The number of nitrogens with two attached hydrogens (primary N) is 1. The molecule has 0 saturated carbocycles. The van der Waals surface area contributed by atoms with E-state index in [0.29, 0.717) is 23.5 Å². The van der Waals surface area contributed by atoms with Gasteiger partial charge in [-0.2, -0.15) is 0 Å². The highest BCUT2D eigenvalue weighted by atomic mass is 32.2. The number of carbonyl (C=O) groups excluding carboxylic acids is 3. The fraction of sp³-hybridized carbons (Fsp3) is 0.222. The van der Waals surface area contributed by atoms with Crippen LogP contribution < -0.4 is 20.9 Å². The van der Waals surface area contributed by atoms with Crippen LogP contribution in [0.25, 0.3) is 0 Å². The third-order valence-corrected chi connectivity index (χ3v) is 4.43. The van der Waals surface area contributed by atoms with Gasteiger partial charge >= 0.3 is 0 Å². The lowest BCUT2D eigenvalue weighted by Gasteiger charge is -2.12. The zero-order valence-electron chi connectivity index (χ0n) is 14.3. The second kappa shape index (κ2) is 9.57. The van der Waals surface area contributed by atoms with E-state index in [2.05, 4.69) is 10.6 Å². The van der Waals surface area contributed by atoms with Gasteiger partial charge in [0.25, 0.3) is 11.1 Å². The molecule has 0 fully saturated rings. The van der Waals surface area contributed by atoms with Crippen molar-refractivity contribution in [2.45, 2.75) is 24.4 Å². The van der Waals surface area contributed by atoms with Crippen LogP contribution in [-0.4, -0.2) is 29.6 Å². The van der Waals surface area contributed by atoms with E-state index in [4.69, 9.17) is 5.73 Å². The van der Waals surface area contributed by atoms with Gasteiger partial charge in [0.2, 0.25) is 5.91 Å². The Balaban J connectivity index is 1.93. The summed E-state index contributed by atoms with van der Waals surface area (Å²) >= 11 is 0.933. The number of primary amides is 1. The lowest BCUT2D eigenvalue weighted by molar-refractivity contribution is -0.694. The van der Waals surface area contributed by atoms with Crippen LogP contribution in [0, 0.1) is 0 Å². The number of benzene rings is 1. The minimum Gasteiger partial charge on any atom is -0.368 e. The van der Waals surface area contributed by atoms with Gasteiger partial charge in [0.15, 0.2) is 18.9 Å². The summed E-state index contributed by atoms with van der Waals surface area (Å²) in [5, 5.41) is 5.05. The molecular weight excluding hydrogens is 352 g/mol. The van der Waals surface area contributed by atoms with Crippen molar-refractivity contribution in [2.75, 3.05) is 6.54 Å². The monoisotopic (exact) mass is 373 g/mol. The maximum atomic E-state index is 12.3. The fourth-order valence-electron chi connectivity index (χ4n) is 2.10. The summed E-state index contributed by atoms with van der Waals surface area (Å²) in [5.74, 6) is -1.08. The Morgan fingerprint density at radius 3 is 2.50 bits per heavy atom. The molecule has 26 heavy (non-hydrogen) atoms. The minimum atomic E-state index is -0.794. The highest BCUT2D eigenvalue weighted by Gasteiger charge is 2.18. The SMILES string of the molecule is C[C@@H](NC(=O)c1ccccc1SC(=O)NCC[n+]1ccccc1)C(N)=O. The van der Waals surface area contributed by atoms with Crippen molar-refractivity contribution in [1.29, 1.82) is 0 Å². The molecule has 0 unspecified atom stereocenters. The van der Waals surface area contributed by atoms with Gasteiger partial charge in [-0.05, 0) is 30.8 Å². The van der Waals surface area contributed by atoms with E-state index in [9.17, 15) is 14.4 Å². The Morgan fingerprint density at radius 2 is 1.81 bits per heavy atom. The molecule has 0 bridgehead atoms. The van der Waals surface area contributed by atoms with Crippen molar-refractivity contribution >= 4 is 28.8 Å². The first kappa shape index (κ1) is 19.5. The van der Waals surface area contributed by atoms with E-state index in [-0.39, 0.29) is 5.24 Å². The molecule has 0 aliphatic carbocycles. The zero-order valence-corrected chi connectivity index (χ0v) is 15.2. The number of hydrogen-bond acceptors (Lipinski definition) is 4. The molecule has 0 saturated heterocycles. The van der Waals surface area contributed by atoms with Crippen molar-refractivity contribution in [1.82, 2.24) is 10.6 Å². The predicted octanol–water partition coefficient (Wildman–Crippen LogP) is 1.08. The van der Waals surface area contributed by atoms with E-state index >= 15 is 0 Å². The maximum absolute atomic E-state index is 12.3. The van der Waals surface area contributed by atoms with Crippen LogP contribution in [0.3, 0.4) is 0 Å². The molecule has 0 spiro atoms. The molecular formula is C18H21N4O3S+. The summed E-state index contributed by atoms with van der Waals surface area (Å²) in [6.07, 6.45) is 3.83. The molecule has 1 atom stereocenters. The van der Waals surface area contributed by atoms with Gasteiger partial charge < -0.3 is 16.4 Å². The average Bonchev–Trinajstić information content (AvgIpc) is 2.62. The van der Waals surface area contributed by atoms with Crippen LogP contribution in [0.15, 0.2) is 59.8 Å². The van der Waals surface area contributed by atoms with Crippen molar-refractivity contribution < 1.29 is 19.0 Å². The molecule has 3 amide bonds. The predicted molar refractivity (Wildman–Crippen MR) is 98.5 cm³/mol. The first-order chi connectivity index (χ1) is 12.5. The quantitative estimate of drug-likeness (QED) is 0.499. The number of hydrogen-bond donors (Lipinski definition) is 3. The van der Waals surface area contributed by atoms with Gasteiger partial charge in [-0.3, -0.25) is 14.4 Å². The molecule has 7 nitrogen and oxygen atoms in total. The van der Waals surface area contributed by atoms with Crippen LogP contribution in [0.4, 0.5) is 4.79 Å². The fourth-order valence-corrected chi connectivity index (χ4v) is 2.89. The Morgan fingerprint density at radius 1 is 1.12 bits per heavy atom. The van der Waals surface area contributed by atoms with Gasteiger partial charge in [-0.1, -0.05) is 18.2 Å². The zero-order chi connectivity index (χ0) is 18.9. The number of carbonyl (C=O) groups is 3. The van der Waals surface area contributed by atoms with Crippen molar-refractivity contribution in [3.05, 3.63) is 60.4 Å². The Hall–Kier alpha value is -2.87. The Labute approximate surface area is 156 Å². The van der Waals surface area contributed by atoms with E-state index in [1.165, 1.54) is 6.92 Å². The normalized spacial score (nSPS) is 11.4. The van der Waals surface area contributed by atoms with Crippen LogP contribution in [0.2, 0.25) is 0 Å². The number of nitrogens with one attached hydrogen (secondary N) is 2. The number of rotatable bonds is 7. The molecule has 1 aromatic heterocycles. The lowest BCUT2D eigenvalue weighted by Crippen LogP contribution is -2.42. The molecule has 0 aliphatic rings. The summed E-state index contributed by atoms with van der Waals surface area (Å²) in [6.45, 7) is 2.61. The smallest absolute Gasteiger partial charge is 0.284 e. The molecule has 0 radical (unpaired) electrons. The summed E-state index contributed by atoms with van der Waals surface area (Å²) in [5.41, 5.74) is 5.48. The molecule has 136 valence electrons. The van der Waals surface area contributed by atoms with E-state index in [1.807, 2.05) is 35.2 Å². The van der Waals surface area contributed by atoms with Crippen LogP contribution in [0.5, 0.6) is 0 Å². The number of amides is 3. The maximum Gasteiger partial charge on any atom is 0.284 e. The van der Waals surface area contributed by atoms with E-state index in [1.54, 1.807) is 24.3 Å². The van der Waals surface area contributed by atoms with Gasteiger partial charge in [0, 0.05) is 17.0 Å². The van der Waals surface area contributed by atoms with Crippen molar-refractivity contribution in [3.8, 4) is 0 Å². The number of nitrogens with zero attached hydrogens (tertiary/aromatic N) is 1. The van der Waals surface area contributed by atoms with Crippen LogP contribution in [-0.2, 0) is 11.3 Å². The van der Waals surface area contributed by atoms with Crippen LogP contribution >= 0.6 is 11.8 Å². The molecule has 1 aromatic carbocycles. The Kier molecular flexibility index (Phi) is 7.16. The number of thioether (sulfide) groups is 1. The van der Waals surface area contributed by atoms with Crippen molar-refractivity contribution in [2.24, 2.45) is 5.73 Å². The summed E-state index contributed by atoms with van der Waals surface area (Å²) in [4.78, 5) is 36.0. The summed E-state index contributed by atoms with van der Waals surface area (Å²) in [7, 11) is 0. The van der Waals surface area contributed by atoms with Gasteiger partial charge in [0.1, 0.15) is 6.04 Å². The van der Waals surface area contributed by atoms with E-state index < -0.39 is 17.9 Å². The molecule has 8 heteroatoms. The first-order valence-electron chi connectivity index (χ1n) is 8.06. The Bertz CT molecular complexity index is 783. The summed E-state index contributed by atoms with van der Waals surface area (Å²) in [6, 6.07) is 11.7. The van der Waals surface area contributed by atoms with Crippen LogP contribution in [0.1, 0.15) is 17.3 Å². The standard InChI is InChI=1S/C18H20N4O3S/c1-13(16(19)23)21-17(24)14-7-3-4-8-15(14)26-18(25)20-9-12-22-10-5-2-6-11-22/h2-8,10-11,13H,9,12H2,1H3,(H3-,19,20,21,23,24,25)/p+1/t13-/m1/s1. The lowest BCUT2D eigenvalue weighted by atomic mass is 10.2. The minimum absolute atomic E-state index is 0.260. The van der Waals surface area contributed by atoms with Crippen molar-refractivity contribution in [3.63, 3.8) is 0 Å².